The van der Waals surface area contributed by atoms with Crippen molar-refractivity contribution in [1.82, 2.24) is 14.8 Å². The van der Waals surface area contributed by atoms with E-state index in [-0.39, 0.29) is 11.7 Å². The highest BCUT2D eigenvalue weighted by Crippen LogP contribution is 2.29. The smallest absolute Gasteiger partial charge is 0.234 e. The average molecular weight is 513 g/mol. The number of amides is 1. The molecule has 0 fully saturated rings. The third kappa shape index (κ3) is 5.76. The van der Waals surface area contributed by atoms with E-state index >= 15 is 0 Å². The van der Waals surface area contributed by atoms with Crippen LogP contribution in [0.25, 0.3) is 17.1 Å². The number of hydrogen-bond donors (Lipinski definition) is 1. The first-order valence-electron chi connectivity index (χ1n) is 11.2. The highest BCUT2D eigenvalue weighted by atomic mass is 35.5. The van der Waals surface area contributed by atoms with Crippen LogP contribution in [0.15, 0.2) is 114 Å². The molecule has 1 amide bonds. The number of ether oxygens (including phenoxy) is 1. The van der Waals surface area contributed by atoms with E-state index in [1.54, 1.807) is 0 Å². The summed E-state index contributed by atoms with van der Waals surface area (Å²) in [4.78, 5) is 12.7. The summed E-state index contributed by atoms with van der Waals surface area (Å²) in [5.74, 6) is 2.15. The fourth-order valence-electron chi connectivity index (χ4n) is 3.52. The zero-order valence-electron chi connectivity index (χ0n) is 19.0. The Bertz CT molecular complexity index is 1440. The SMILES string of the molecule is O=C(CSc1nnc(-c2ccc(Cl)cc2)n1-c1ccccc1)Nc1ccc(Oc2ccccc2)cc1. The van der Waals surface area contributed by atoms with Crippen molar-refractivity contribution in [2.75, 3.05) is 11.1 Å². The largest absolute Gasteiger partial charge is 0.457 e. The number of thioether (sulfide) groups is 1. The molecule has 5 aromatic rings. The highest BCUT2D eigenvalue weighted by Gasteiger charge is 2.17. The monoisotopic (exact) mass is 512 g/mol. The first kappa shape index (κ1) is 23.7. The van der Waals surface area contributed by atoms with Crippen LogP contribution < -0.4 is 10.1 Å². The number of nitrogens with one attached hydrogen (secondary N) is 1. The number of nitrogens with zero attached hydrogens (tertiary/aromatic N) is 3. The maximum Gasteiger partial charge on any atom is 0.234 e. The van der Waals surface area contributed by atoms with Gasteiger partial charge in [-0.25, -0.2) is 0 Å². The summed E-state index contributed by atoms with van der Waals surface area (Å²) >= 11 is 7.38. The van der Waals surface area contributed by atoms with Crippen molar-refractivity contribution >= 4 is 35.0 Å². The first-order chi connectivity index (χ1) is 17.7. The van der Waals surface area contributed by atoms with Crippen LogP contribution in [-0.2, 0) is 4.79 Å². The van der Waals surface area contributed by atoms with Crippen molar-refractivity contribution in [3.8, 4) is 28.6 Å². The summed E-state index contributed by atoms with van der Waals surface area (Å²) in [6.45, 7) is 0. The summed E-state index contributed by atoms with van der Waals surface area (Å²) in [5.41, 5.74) is 2.47. The Kier molecular flexibility index (Phi) is 7.30. The molecule has 0 unspecified atom stereocenters. The lowest BCUT2D eigenvalue weighted by Gasteiger charge is -2.11. The Morgan fingerprint density at radius 3 is 2.14 bits per heavy atom. The summed E-state index contributed by atoms with van der Waals surface area (Å²) in [5, 5.41) is 13.0. The van der Waals surface area contributed by atoms with Crippen LogP contribution in [-0.4, -0.2) is 26.4 Å². The van der Waals surface area contributed by atoms with Gasteiger partial charge in [-0.1, -0.05) is 59.8 Å². The highest BCUT2D eigenvalue weighted by molar-refractivity contribution is 7.99. The van der Waals surface area contributed by atoms with Gasteiger partial charge in [0.15, 0.2) is 11.0 Å². The van der Waals surface area contributed by atoms with Crippen LogP contribution in [0.2, 0.25) is 5.02 Å². The molecule has 0 saturated carbocycles. The molecule has 0 aliphatic rings. The second-order valence-corrected chi connectivity index (χ2v) is 9.14. The molecule has 1 aromatic heterocycles. The Morgan fingerprint density at radius 2 is 1.44 bits per heavy atom. The summed E-state index contributed by atoms with van der Waals surface area (Å²) < 4.78 is 7.74. The Labute approximate surface area is 217 Å². The van der Waals surface area contributed by atoms with Gasteiger partial charge in [0.2, 0.25) is 5.91 Å². The molecule has 178 valence electrons. The van der Waals surface area contributed by atoms with E-state index in [9.17, 15) is 4.79 Å². The fraction of sp³-hybridized carbons (Fsp3) is 0.0357. The molecule has 36 heavy (non-hydrogen) atoms. The molecule has 6 nitrogen and oxygen atoms in total. The lowest BCUT2D eigenvalue weighted by molar-refractivity contribution is -0.113. The predicted molar refractivity (Wildman–Crippen MR) is 144 cm³/mol. The molecule has 1 N–H and O–H groups in total. The molecular formula is C28H21ClN4O2S. The lowest BCUT2D eigenvalue weighted by Crippen LogP contribution is -2.14. The van der Waals surface area contributed by atoms with Gasteiger partial charge in [-0.2, -0.15) is 0 Å². The van der Waals surface area contributed by atoms with Crippen molar-refractivity contribution in [2.24, 2.45) is 0 Å². The second-order valence-electron chi connectivity index (χ2n) is 7.76. The van der Waals surface area contributed by atoms with E-state index in [1.165, 1.54) is 11.8 Å². The molecule has 0 bridgehead atoms. The van der Waals surface area contributed by atoms with E-state index in [4.69, 9.17) is 16.3 Å². The van der Waals surface area contributed by atoms with Crippen LogP contribution in [0.4, 0.5) is 5.69 Å². The Morgan fingerprint density at radius 1 is 0.806 bits per heavy atom. The molecule has 0 spiro atoms. The van der Waals surface area contributed by atoms with Crippen molar-refractivity contribution in [3.05, 3.63) is 114 Å². The van der Waals surface area contributed by atoms with Crippen molar-refractivity contribution in [1.29, 1.82) is 0 Å². The van der Waals surface area contributed by atoms with Crippen molar-refractivity contribution in [3.63, 3.8) is 0 Å². The molecule has 0 saturated heterocycles. The number of carbonyl (C=O) groups excluding carboxylic acids is 1. The van der Waals surface area contributed by atoms with E-state index in [2.05, 4.69) is 15.5 Å². The van der Waals surface area contributed by atoms with Crippen molar-refractivity contribution < 1.29 is 9.53 Å². The molecule has 5 rings (SSSR count). The Balaban J connectivity index is 1.27. The minimum absolute atomic E-state index is 0.146. The van der Waals surface area contributed by atoms with Gasteiger partial charge in [-0.05, 0) is 72.8 Å². The van der Waals surface area contributed by atoms with Crippen LogP contribution in [0.3, 0.4) is 0 Å². The van der Waals surface area contributed by atoms with Gasteiger partial charge in [0, 0.05) is 22.0 Å². The topological polar surface area (TPSA) is 69.0 Å². The maximum absolute atomic E-state index is 12.7. The lowest BCUT2D eigenvalue weighted by atomic mass is 10.2. The van der Waals surface area contributed by atoms with Gasteiger partial charge in [-0.15, -0.1) is 10.2 Å². The number of halogens is 1. The summed E-state index contributed by atoms with van der Waals surface area (Å²) in [6, 6.07) is 34.1. The summed E-state index contributed by atoms with van der Waals surface area (Å²) in [7, 11) is 0. The van der Waals surface area contributed by atoms with Gasteiger partial charge in [0.25, 0.3) is 0 Å². The van der Waals surface area contributed by atoms with E-state index in [0.29, 0.717) is 27.4 Å². The van der Waals surface area contributed by atoms with Gasteiger partial charge >= 0.3 is 0 Å². The third-order valence-corrected chi connectivity index (χ3v) is 6.38. The number of para-hydroxylation sites is 2. The normalized spacial score (nSPS) is 10.7. The molecular weight excluding hydrogens is 492 g/mol. The second kappa shape index (κ2) is 11.1. The van der Waals surface area contributed by atoms with Gasteiger partial charge < -0.3 is 10.1 Å². The summed E-state index contributed by atoms with van der Waals surface area (Å²) in [6.07, 6.45) is 0. The third-order valence-electron chi connectivity index (χ3n) is 5.20. The molecule has 0 atom stereocenters. The molecule has 0 aliphatic heterocycles. The molecule has 0 radical (unpaired) electrons. The van der Waals surface area contributed by atoms with Crippen LogP contribution in [0, 0.1) is 0 Å². The fourth-order valence-corrected chi connectivity index (χ4v) is 4.40. The van der Waals surface area contributed by atoms with Crippen molar-refractivity contribution in [2.45, 2.75) is 5.16 Å². The molecule has 8 heteroatoms. The molecule has 1 heterocycles. The van der Waals surface area contributed by atoms with Crippen LogP contribution in [0.1, 0.15) is 0 Å². The number of carbonyl (C=O) groups is 1. The maximum atomic E-state index is 12.7. The number of hydrogen-bond acceptors (Lipinski definition) is 5. The standard InChI is InChI=1S/C28H21ClN4O2S/c29-21-13-11-20(12-14-21)27-31-32-28(33(27)23-7-3-1-4-8-23)36-19-26(34)30-22-15-17-25(18-16-22)35-24-9-5-2-6-10-24/h1-18H,19H2,(H,30,34). The predicted octanol–water partition coefficient (Wildman–Crippen LogP) is 7.11. The number of rotatable bonds is 8. The van der Waals surface area contributed by atoms with E-state index in [0.717, 1.165) is 17.0 Å². The Hall–Kier alpha value is -4.07. The first-order valence-corrected chi connectivity index (χ1v) is 12.5. The van der Waals surface area contributed by atoms with E-state index < -0.39 is 0 Å². The quantitative estimate of drug-likeness (QED) is 0.224. The zero-order chi connectivity index (χ0) is 24.7. The molecule has 0 aliphatic carbocycles. The number of benzene rings is 4. The van der Waals surface area contributed by atoms with E-state index in [1.807, 2.05) is 114 Å². The minimum atomic E-state index is -0.146. The zero-order valence-corrected chi connectivity index (χ0v) is 20.6. The van der Waals surface area contributed by atoms with Gasteiger partial charge in [0.05, 0.1) is 5.75 Å². The average Bonchev–Trinajstić information content (AvgIpc) is 3.34. The number of aromatic nitrogens is 3. The van der Waals surface area contributed by atoms with Gasteiger partial charge in [0.1, 0.15) is 11.5 Å². The molecule has 4 aromatic carbocycles. The van der Waals surface area contributed by atoms with Gasteiger partial charge in [-0.3, -0.25) is 9.36 Å². The number of anilines is 1. The van der Waals surface area contributed by atoms with Crippen LogP contribution in [0.5, 0.6) is 11.5 Å². The van der Waals surface area contributed by atoms with Crippen LogP contribution >= 0.6 is 23.4 Å². The minimum Gasteiger partial charge on any atom is -0.457 e.